The van der Waals surface area contributed by atoms with E-state index in [1.807, 2.05) is 0 Å². The Morgan fingerprint density at radius 2 is 2.00 bits per heavy atom. The number of hydrogen-bond donors (Lipinski definition) is 1. The summed E-state index contributed by atoms with van der Waals surface area (Å²) < 4.78 is 14.8. The zero-order valence-corrected chi connectivity index (χ0v) is 10.1. The standard InChI is InChI=1S/C12H16O5/c1-15-10-6-4-5-8(12(10)17-3)9(13)7-11(14)16-2/h4-6,9,13H,7H2,1-3H3. The molecule has 0 aromatic heterocycles. The monoisotopic (exact) mass is 240 g/mol. The third-order valence-electron chi connectivity index (χ3n) is 2.38. The van der Waals surface area contributed by atoms with E-state index in [1.54, 1.807) is 18.2 Å². The fourth-order valence-corrected chi connectivity index (χ4v) is 1.53. The Morgan fingerprint density at radius 3 is 2.53 bits per heavy atom. The molecule has 1 unspecified atom stereocenters. The highest BCUT2D eigenvalue weighted by molar-refractivity contribution is 5.70. The van der Waals surface area contributed by atoms with Crippen LogP contribution in [0.3, 0.4) is 0 Å². The maximum atomic E-state index is 11.1. The van der Waals surface area contributed by atoms with Gasteiger partial charge in [0.1, 0.15) is 0 Å². The van der Waals surface area contributed by atoms with Crippen LogP contribution in [0.1, 0.15) is 18.1 Å². The molecule has 1 N–H and O–H groups in total. The van der Waals surface area contributed by atoms with Crippen molar-refractivity contribution < 1.29 is 24.1 Å². The zero-order valence-electron chi connectivity index (χ0n) is 10.1. The van der Waals surface area contributed by atoms with E-state index >= 15 is 0 Å². The van der Waals surface area contributed by atoms with Crippen molar-refractivity contribution in [2.45, 2.75) is 12.5 Å². The highest BCUT2D eigenvalue weighted by atomic mass is 16.5. The van der Waals surface area contributed by atoms with Gasteiger partial charge >= 0.3 is 5.97 Å². The first-order chi connectivity index (χ1) is 8.13. The van der Waals surface area contributed by atoms with Crippen molar-refractivity contribution in [2.75, 3.05) is 21.3 Å². The number of carbonyl (C=O) groups is 1. The molecular weight excluding hydrogens is 224 g/mol. The molecule has 0 bridgehead atoms. The number of rotatable bonds is 5. The lowest BCUT2D eigenvalue weighted by Gasteiger charge is -2.16. The second-order valence-corrected chi connectivity index (χ2v) is 3.38. The summed E-state index contributed by atoms with van der Waals surface area (Å²) >= 11 is 0. The van der Waals surface area contributed by atoms with Gasteiger partial charge in [0.05, 0.1) is 33.9 Å². The van der Waals surface area contributed by atoms with Gasteiger partial charge in [-0.2, -0.15) is 0 Å². The van der Waals surface area contributed by atoms with Crippen LogP contribution in [0.5, 0.6) is 11.5 Å². The summed E-state index contributed by atoms with van der Waals surface area (Å²) in [5.41, 5.74) is 0.497. The maximum absolute atomic E-state index is 11.1. The molecule has 0 aliphatic rings. The van der Waals surface area contributed by atoms with Gasteiger partial charge in [-0.3, -0.25) is 4.79 Å². The molecule has 0 aliphatic carbocycles. The summed E-state index contributed by atoms with van der Waals surface area (Å²) in [6, 6.07) is 5.11. The van der Waals surface area contributed by atoms with Crippen LogP contribution in [0.15, 0.2) is 18.2 Å². The van der Waals surface area contributed by atoms with Crippen LogP contribution in [-0.2, 0) is 9.53 Å². The number of aliphatic hydroxyl groups is 1. The summed E-state index contributed by atoms with van der Waals surface area (Å²) in [6.07, 6.45) is -1.10. The lowest BCUT2D eigenvalue weighted by Crippen LogP contribution is -2.09. The number of methoxy groups -OCH3 is 3. The largest absolute Gasteiger partial charge is 0.493 e. The van der Waals surface area contributed by atoms with Gasteiger partial charge in [0, 0.05) is 5.56 Å². The van der Waals surface area contributed by atoms with Crippen molar-refractivity contribution >= 4 is 5.97 Å². The molecule has 1 aromatic carbocycles. The van der Waals surface area contributed by atoms with Crippen molar-refractivity contribution in [3.8, 4) is 11.5 Å². The van der Waals surface area contributed by atoms with E-state index in [-0.39, 0.29) is 6.42 Å². The number of carbonyl (C=O) groups excluding carboxylic acids is 1. The third-order valence-corrected chi connectivity index (χ3v) is 2.38. The summed E-state index contributed by atoms with van der Waals surface area (Å²) in [4.78, 5) is 11.1. The Bertz CT molecular complexity index is 388. The van der Waals surface area contributed by atoms with E-state index in [1.165, 1.54) is 21.3 Å². The Labute approximate surface area is 99.9 Å². The minimum Gasteiger partial charge on any atom is -0.493 e. The molecule has 1 aromatic rings. The first-order valence-electron chi connectivity index (χ1n) is 5.09. The lowest BCUT2D eigenvalue weighted by molar-refractivity contribution is -0.142. The van der Waals surface area contributed by atoms with E-state index in [0.717, 1.165) is 0 Å². The van der Waals surface area contributed by atoms with E-state index in [9.17, 15) is 9.90 Å². The molecule has 17 heavy (non-hydrogen) atoms. The molecule has 94 valence electrons. The predicted molar refractivity (Wildman–Crippen MR) is 61.1 cm³/mol. The van der Waals surface area contributed by atoms with Crippen molar-refractivity contribution in [2.24, 2.45) is 0 Å². The van der Waals surface area contributed by atoms with E-state index in [4.69, 9.17) is 9.47 Å². The number of aliphatic hydroxyl groups excluding tert-OH is 1. The summed E-state index contributed by atoms with van der Waals surface area (Å²) in [5, 5.41) is 9.92. The number of benzene rings is 1. The van der Waals surface area contributed by atoms with Crippen LogP contribution < -0.4 is 9.47 Å². The molecule has 0 heterocycles. The molecule has 1 rings (SSSR count). The fourth-order valence-electron chi connectivity index (χ4n) is 1.53. The molecule has 0 radical (unpaired) electrons. The van der Waals surface area contributed by atoms with Crippen molar-refractivity contribution in [1.82, 2.24) is 0 Å². The first kappa shape index (κ1) is 13.3. The second kappa shape index (κ2) is 6.10. The normalized spacial score (nSPS) is 11.8. The van der Waals surface area contributed by atoms with Crippen LogP contribution in [0.25, 0.3) is 0 Å². The lowest BCUT2D eigenvalue weighted by atomic mass is 10.0. The molecule has 0 saturated heterocycles. The Hall–Kier alpha value is -1.75. The van der Waals surface area contributed by atoms with Crippen LogP contribution in [0.4, 0.5) is 0 Å². The molecular formula is C12H16O5. The van der Waals surface area contributed by atoms with Gasteiger partial charge in [0.25, 0.3) is 0 Å². The van der Waals surface area contributed by atoms with Crippen LogP contribution in [-0.4, -0.2) is 32.4 Å². The number of ether oxygens (including phenoxy) is 3. The Kier molecular flexibility index (Phi) is 4.78. The molecule has 1 atom stereocenters. The van der Waals surface area contributed by atoms with E-state index in [2.05, 4.69) is 4.74 Å². The van der Waals surface area contributed by atoms with Crippen molar-refractivity contribution in [3.63, 3.8) is 0 Å². The molecule has 0 fully saturated rings. The zero-order chi connectivity index (χ0) is 12.8. The van der Waals surface area contributed by atoms with E-state index in [0.29, 0.717) is 17.1 Å². The van der Waals surface area contributed by atoms with Gasteiger partial charge in [-0.15, -0.1) is 0 Å². The van der Waals surface area contributed by atoms with Crippen LogP contribution >= 0.6 is 0 Å². The van der Waals surface area contributed by atoms with Gasteiger partial charge in [0.2, 0.25) is 0 Å². The van der Waals surface area contributed by atoms with E-state index < -0.39 is 12.1 Å². The highest BCUT2D eigenvalue weighted by Gasteiger charge is 2.19. The average Bonchev–Trinajstić information content (AvgIpc) is 2.37. The Morgan fingerprint density at radius 1 is 1.29 bits per heavy atom. The smallest absolute Gasteiger partial charge is 0.308 e. The SMILES string of the molecule is COC(=O)CC(O)c1cccc(OC)c1OC. The molecule has 5 heteroatoms. The minimum absolute atomic E-state index is 0.125. The fraction of sp³-hybridized carbons (Fsp3) is 0.417. The third kappa shape index (κ3) is 3.10. The van der Waals surface area contributed by atoms with Gasteiger partial charge in [0.15, 0.2) is 11.5 Å². The summed E-state index contributed by atoms with van der Waals surface area (Å²) in [5.74, 6) is 0.447. The number of para-hydroxylation sites is 1. The highest BCUT2D eigenvalue weighted by Crippen LogP contribution is 2.35. The van der Waals surface area contributed by atoms with Gasteiger partial charge in [-0.25, -0.2) is 0 Å². The van der Waals surface area contributed by atoms with Gasteiger partial charge < -0.3 is 19.3 Å². The molecule has 0 saturated carbocycles. The topological polar surface area (TPSA) is 65.0 Å². The van der Waals surface area contributed by atoms with Gasteiger partial charge in [-0.05, 0) is 6.07 Å². The van der Waals surface area contributed by atoms with Gasteiger partial charge in [-0.1, -0.05) is 12.1 Å². The maximum Gasteiger partial charge on any atom is 0.308 e. The first-order valence-corrected chi connectivity index (χ1v) is 5.09. The number of hydrogen-bond acceptors (Lipinski definition) is 5. The van der Waals surface area contributed by atoms with Crippen LogP contribution in [0.2, 0.25) is 0 Å². The quantitative estimate of drug-likeness (QED) is 0.786. The minimum atomic E-state index is -0.979. The molecule has 0 aliphatic heterocycles. The molecule has 5 nitrogen and oxygen atoms in total. The van der Waals surface area contributed by atoms with Crippen molar-refractivity contribution in [1.29, 1.82) is 0 Å². The second-order valence-electron chi connectivity index (χ2n) is 3.38. The van der Waals surface area contributed by atoms with Crippen molar-refractivity contribution in [3.05, 3.63) is 23.8 Å². The predicted octanol–water partition coefficient (Wildman–Crippen LogP) is 1.30. The molecule has 0 spiro atoms. The number of esters is 1. The summed E-state index contributed by atoms with van der Waals surface area (Å²) in [7, 11) is 4.26. The molecule has 0 amide bonds. The Balaban J connectivity index is 3.00. The average molecular weight is 240 g/mol. The summed E-state index contributed by atoms with van der Waals surface area (Å²) in [6.45, 7) is 0. The van der Waals surface area contributed by atoms with Crippen LogP contribution in [0, 0.1) is 0 Å².